The highest BCUT2D eigenvalue weighted by Crippen LogP contribution is 2.14. The third-order valence-electron chi connectivity index (χ3n) is 1.26. The van der Waals surface area contributed by atoms with E-state index < -0.39 is 0 Å². The van der Waals surface area contributed by atoms with Crippen molar-refractivity contribution < 1.29 is 6.48 Å². The second-order valence-corrected chi connectivity index (χ2v) is 1.88. The van der Waals surface area contributed by atoms with E-state index in [0.717, 1.165) is 5.56 Å². The Hall–Kier alpha value is -0.980. The zero-order valence-electron chi connectivity index (χ0n) is 6.17. The van der Waals surface area contributed by atoms with Crippen LogP contribution in [0.5, 0.6) is 5.75 Å². The number of phenols is 1. The maximum Gasteiger partial charge on any atom is 0.118 e. The number of hydrogen-bond acceptors (Lipinski definition) is 1. The zero-order valence-corrected chi connectivity index (χ0v) is 5.17. The molecule has 0 unspecified atom stereocenters. The SMILES string of the molecule is [2H]CCc1ccccc1O. The third-order valence-corrected chi connectivity index (χ3v) is 1.26. The standard InChI is InChI=1S/C8H10O/c1-2-7-5-3-4-6-8(7)9/h3-6,9H,2H2,1H3/i1D. The summed E-state index contributed by atoms with van der Waals surface area (Å²) in [7, 11) is 0. The van der Waals surface area contributed by atoms with Crippen molar-refractivity contribution in [3.05, 3.63) is 29.8 Å². The van der Waals surface area contributed by atoms with Crippen LogP contribution in [0.15, 0.2) is 24.3 Å². The molecule has 0 heterocycles. The summed E-state index contributed by atoms with van der Waals surface area (Å²) in [6.07, 6.45) is 0.632. The number of aryl methyl sites for hydroxylation is 1. The molecule has 1 aromatic rings. The van der Waals surface area contributed by atoms with Gasteiger partial charge in [0.2, 0.25) is 0 Å². The van der Waals surface area contributed by atoms with Crippen molar-refractivity contribution >= 4 is 0 Å². The maximum absolute atomic E-state index is 9.16. The number of rotatable bonds is 1. The summed E-state index contributed by atoms with van der Waals surface area (Å²) in [6.45, 7) is 0.331. The van der Waals surface area contributed by atoms with E-state index in [4.69, 9.17) is 6.48 Å². The lowest BCUT2D eigenvalue weighted by molar-refractivity contribution is 0.469. The molecular formula is C8H10O. The van der Waals surface area contributed by atoms with E-state index in [1.165, 1.54) is 0 Å². The molecule has 9 heavy (non-hydrogen) atoms. The van der Waals surface area contributed by atoms with Crippen molar-refractivity contribution in [1.29, 1.82) is 0 Å². The highest BCUT2D eigenvalue weighted by atomic mass is 16.3. The predicted molar refractivity (Wildman–Crippen MR) is 37.5 cm³/mol. The molecular weight excluding hydrogens is 112 g/mol. The van der Waals surface area contributed by atoms with Crippen LogP contribution in [-0.4, -0.2) is 5.11 Å². The van der Waals surface area contributed by atoms with E-state index in [-0.39, 0.29) is 0 Å². The molecule has 0 bridgehead atoms. The van der Waals surface area contributed by atoms with Crippen LogP contribution < -0.4 is 0 Å². The fourth-order valence-corrected chi connectivity index (χ4v) is 0.722. The molecule has 1 aromatic carbocycles. The molecule has 0 aromatic heterocycles. The Kier molecular flexibility index (Phi) is 1.37. The number of para-hydroxylation sites is 1. The van der Waals surface area contributed by atoms with Gasteiger partial charge in [0.05, 0.1) is 0 Å². The Morgan fingerprint density at radius 2 is 2.33 bits per heavy atom. The van der Waals surface area contributed by atoms with Gasteiger partial charge in [0.25, 0.3) is 0 Å². The van der Waals surface area contributed by atoms with Crippen LogP contribution in [0.2, 0.25) is 0 Å². The average molecular weight is 123 g/mol. The summed E-state index contributed by atoms with van der Waals surface area (Å²) in [5.74, 6) is 0.301. The first kappa shape index (κ1) is 4.86. The normalized spacial score (nSPS) is 10.9. The Morgan fingerprint density at radius 1 is 1.56 bits per heavy atom. The first-order valence-electron chi connectivity index (χ1n) is 3.61. The summed E-state index contributed by atoms with van der Waals surface area (Å²) in [6, 6.07) is 7.13. The lowest BCUT2D eigenvalue weighted by Crippen LogP contribution is -1.77. The van der Waals surface area contributed by atoms with Crippen molar-refractivity contribution in [1.82, 2.24) is 0 Å². The van der Waals surface area contributed by atoms with Crippen LogP contribution >= 0.6 is 0 Å². The number of phenolic OH excluding ortho intramolecular Hbond substituents is 1. The van der Waals surface area contributed by atoms with E-state index in [0.29, 0.717) is 19.1 Å². The van der Waals surface area contributed by atoms with E-state index in [1.807, 2.05) is 12.1 Å². The van der Waals surface area contributed by atoms with Gasteiger partial charge in [-0.05, 0) is 18.1 Å². The smallest absolute Gasteiger partial charge is 0.118 e. The molecule has 0 aliphatic heterocycles. The van der Waals surface area contributed by atoms with Gasteiger partial charge in [0.15, 0.2) is 0 Å². The van der Waals surface area contributed by atoms with Gasteiger partial charge in [0.1, 0.15) is 5.75 Å². The molecule has 0 saturated carbocycles. The van der Waals surface area contributed by atoms with E-state index >= 15 is 0 Å². The Balaban J connectivity index is 2.81. The second-order valence-electron chi connectivity index (χ2n) is 1.88. The van der Waals surface area contributed by atoms with Gasteiger partial charge < -0.3 is 5.11 Å². The maximum atomic E-state index is 9.16. The Labute approximate surface area is 56.4 Å². The first-order valence-corrected chi connectivity index (χ1v) is 2.90. The molecule has 48 valence electrons. The predicted octanol–water partition coefficient (Wildman–Crippen LogP) is 1.95. The van der Waals surface area contributed by atoms with Gasteiger partial charge in [0, 0.05) is 1.37 Å². The minimum atomic E-state index is 0.301. The number of aromatic hydroxyl groups is 1. The van der Waals surface area contributed by atoms with Crippen molar-refractivity contribution in [2.75, 3.05) is 0 Å². The highest BCUT2D eigenvalue weighted by Gasteiger charge is 1.92. The lowest BCUT2D eigenvalue weighted by atomic mass is 10.1. The molecule has 0 atom stereocenters. The van der Waals surface area contributed by atoms with Gasteiger partial charge in [-0.3, -0.25) is 0 Å². The van der Waals surface area contributed by atoms with Crippen LogP contribution in [-0.2, 0) is 6.42 Å². The quantitative estimate of drug-likeness (QED) is 0.605. The van der Waals surface area contributed by atoms with Gasteiger partial charge in [-0.25, -0.2) is 0 Å². The van der Waals surface area contributed by atoms with Gasteiger partial charge >= 0.3 is 0 Å². The van der Waals surface area contributed by atoms with Gasteiger partial charge in [-0.1, -0.05) is 25.1 Å². The molecule has 1 heteroatoms. The first-order chi connectivity index (χ1) is 4.84. The molecule has 1 N–H and O–H groups in total. The number of benzene rings is 1. The summed E-state index contributed by atoms with van der Waals surface area (Å²) in [5.41, 5.74) is 0.859. The molecule has 1 rings (SSSR count). The molecule has 0 spiro atoms. The largest absolute Gasteiger partial charge is 0.508 e. The second kappa shape index (κ2) is 2.53. The molecule has 0 saturated heterocycles. The van der Waals surface area contributed by atoms with Crippen molar-refractivity contribution in [2.24, 2.45) is 0 Å². The topological polar surface area (TPSA) is 20.2 Å². The monoisotopic (exact) mass is 123 g/mol. The molecule has 0 amide bonds. The van der Waals surface area contributed by atoms with Crippen LogP contribution in [0.3, 0.4) is 0 Å². The zero-order chi connectivity index (χ0) is 7.40. The fourth-order valence-electron chi connectivity index (χ4n) is 0.722. The number of hydrogen-bond donors (Lipinski definition) is 1. The molecule has 0 aliphatic carbocycles. The molecule has 0 aliphatic rings. The lowest BCUT2D eigenvalue weighted by Gasteiger charge is -1.97. The van der Waals surface area contributed by atoms with Crippen LogP contribution in [0.4, 0.5) is 0 Å². The Morgan fingerprint density at radius 3 is 3.00 bits per heavy atom. The van der Waals surface area contributed by atoms with E-state index in [2.05, 4.69) is 0 Å². The van der Waals surface area contributed by atoms with Crippen LogP contribution in [0, 0.1) is 0 Å². The van der Waals surface area contributed by atoms with E-state index in [1.54, 1.807) is 12.1 Å². The summed E-state index contributed by atoms with van der Waals surface area (Å²) < 4.78 is 6.93. The summed E-state index contributed by atoms with van der Waals surface area (Å²) in [5, 5.41) is 9.16. The highest BCUT2D eigenvalue weighted by molar-refractivity contribution is 5.31. The van der Waals surface area contributed by atoms with Gasteiger partial charge in [-0.15, -0.1) is 0 Å². The van der Waals surface area contributed by atoms with Crippen LogP contribution in [0.1, 0.15) is 13.8 Å². The minimum absolute atomic E-state index is 0.301. The van der Waals surface area contributed by atoms with E-state index in [9.17, 15) is 0 Å². The summed E-state index contributed by atoms with van der Waals surface area (Å²) in [4.78, 5) is 0. The van der Waals surface area contributed by atoms with Crippen molar-refractivity contribution in [2.45, 2.75) is 13.3 Å². The van der Waals surface area contributed by atoms with Crippen LogP contribution in [0.25, 0.3) is 0 Å². The minimum Gasteiger partial charge on any atom is -0.508 e. The van der Waals surface area contributed by atoms with Crippen molar-refractivity contribution in [3.63, 3.8) is 0 Å². The Bertz CT molecular complexity index is 210. The summed E-state index contributed by atoms with van der Waals surface area (Å²) >= 11 is 0. The molecule has 0 radical (unpaired) electrons. The molecule has 1 nitrogen and oxygen atoms in total. The fraction of sp³-hybridized carbons (Fsp3) is 0.250. The molecule has 0 fully saturated rings. The average Bonchev–Trinajstić information content (AvgIpc) is 1.94. The third kappa shape index (κ3) is 1.22. The van der Waals surface area contributed by atoms with Crippen molar-refractivity contribution in [3.8, 4) is 5.75 Å². The van der Waals surface area contributed by atoms with Gasteiger partial charge in [-0.2, -0.15) is 0 Å².